The number of hydrogen-bond acceptors (Lipinski definition) is 3. The summed E-state index contributed by atoms with van der Waals surface area (Å²) in [4.78, 5) is 0.930. The fourth-order valence-corrected chi connectivity index (χ4v) is 3.81. The third kappa shape index (κ3) is 2.46. The van der Waals surface area contributed by atoms with Crippen LogP contribution in [0.1, 0.15) is 50.5 Å². The fourth-order valence-electron chi connectivity index (χ4n) is 2.99. The van der Waals surface area contributed by atoms with Gasteiger partial charge in [0.25, 0.3) is 0 Å². The van der Waals surface area contributed by atoms with Gasteiger partial charge in [0, 0.05) is 4.88 Å². The molecule has 1 aliphatic rings. The van der Waals surface area contributed by atoms with Gasteiger partial charge in [-0.25, -0.2) is 0 Å². The van der Waals surface area contributed by atoms with Crippen molar-refractivity contribution in [1.29, 1.82) is 5.26 Å². The molecule has 1 fully saturated rings. The lowest BCUT2D eigenvalue weighted by molar-refractivity contribution is 0.0214. The van der Waals surface area contributed by atoms with E-state index < -0.39 is 11.5 Å². The third-order valence-corrected chi connectivity index (χ3v) is 5.35. The SMILES string of the molecule is CC(C)C1CCC(C#N)(C(O)c2cccs2)CC1. The molecule has 1 saturated carbocycles. The molecule has 0 bridgehead atoms. The van der Waals surface area contributed by atoms with Gasteiger partial charge in [-0.2, -0.15) is 5.26 Å². The maximum absolute atomic E-state index is 10.5. The topological polar surface area (TPSA) is 44.0 Å². The summed E-state index contributed by atoms with van der Waals surface area (Å²) in [5.41, 5.74) is -0.559. The third-order valence-electron chi connectivity index (χ3n) is 4.42. The summed E-state index contributed by atoms with van der Waals surface area (Å²) in [6.07, 6.45) is 3.16. The van der Waals surface area contributed by atoms with E-state index in [-0.39, 0.29) is 0 Å². The van der Waals surface area contributed by atoms with Crippen LogP contribution in [0, 0.1) is 28.6 Å². The van der Waals surface area contributed by atoms with Gasteiger partial charge < -0.3 is 5.11 Å². The van der Waals surface area contributed by atoms with Crippen molar-refractivity contribution in [2.45, 2.75) is 45.6 Å². The van der Waals surface area contributed by atoms with Gasteiger partial charge in [0.1, 0.15) is 6.10 Å². The largest absolute Gasteiger partial charge is 0.386 e. The molecule has 1 aliphatic carbocycles. The number of hydrogen-bond donors (Lipinski definition) is 1. The molecule has 1 unspecified atom stereocenters. The van der Waals surface area contributed by atoms with Crippen LogP contribution in [0.4, 0.5) is 0 Å². The van der Waals surface area contributed by atoms with Crippen molar-refractivity contribution in [2.24, 2.45) is 17.3 Å². The van der Waals surface area contributed by atoms with Gasteiger partial charge in [0.2, 0.25) is 0 Å². The van der Waals surface area contributed by atoms with Crippen LogP contribution in [0.15, 0.2) is 17.5 Å². The van der Waals surface area contributed by atoms with Crippen LogP contribution in [-0.4, -0.2) is 5.11 Å². The molecule has 0 spiro atoms. The lowest BCUT2D eigenvalue weighted by Gasteiger charge is -2.39. The Morgan fingerprint density at radius 2 is 2.11 bits per heavy atom. The van der Waals surface area contributed by atoms with Gasteiger partial charge in [-0.3, -0.25) is 0 Å². The molecule has 1 atom stereocenters. The van der Waals surface area contributed by atoms with Crippen LogP contribution < -0.4 is 0 Å². The van der Waals surface area contributed by atoms with Crippen molar-refractivity contribution in [2.75, 3.05) is 0 Å². The molecule has 1 heterocycles. The molecule has 1 aromatic rings. The average molecular weight is 263 g/mol. The van der Waals surface area contributed by atoms with Crippen molar-refractivity contribution in [3.05, 3.63) is 22.4 Å². The standard InChI is InChI=1S/C15H21NOS/c1-11(2)12-5-7-15(10-16,8-6-12)14(17)13-4-3-9-18-13/h3-4,9,11-12,14,17H,5-8H2,1-2H3. The molecule has 0 aromatic carbocycles. The molecule has 2 rings (SSSR count). The Kier molecular flexibility index (Phi) is 4.09. The van der Waals surface area contributed by atoms with E-state index in [0.29, 0.717) is 11.8 Å². The summed E-state index contributed by atoms with van der Waals surface area (Å²) in [5.74, 6) is 1.39. The Hall–Kier alpha value is -0.850. The molecule has 0 radical (unpaired) electrons. The lowest BCUT2D eigenvalue weighted by Crippen LogP contribution is -2.33. The molecular weight excluding hydrogens is 242 g/mol. The smallest absolute Gasteiger partial charge is 0.107 e. The first-order valence-corrected chi connectivity index (χ1v) is 7.60. The maximum atomic E-state index is 10.5. The normalized spacial score (nSPS) is 30.1. The highest BCUT2D eigenvalue weighted by Crippen LogP contribution is 2.49. The highest BCUT2D eigenvalue weighted by molar-refractivity contribution is 7.10. The maximum Gasteiger partial charge on any atom is 0.107 e. The summed E-state index contributed by atoms with van der Waals surface area (Å²) in [5, 5.41) is 22.0. The van der Waals surface area contributed by atoms with Gasteiger partial charge in [-0.05, 0) is 49.0 Å². The summed E-state index contributed by atoms with van der Waals surface area (Å²) < 4.78 is 0. The lowest BCUT2D eigenvalue weighted by atomic mass is 9.66. The van der Waals surface area contributed by atoms with Crippen LogP contribution in [0.5, 0.6) is 0 Å². The van der Waals surface area contributed by atoms with E-state index >= 15 is 0 Å². The number of nitriles is 1. The zero-order valence-electron chi connectivity index (χ0n) is 11.1. The molecular formula is C15H21NOS. The minimum Gasteiger partial charge on any atom is -0.386 e. The second-order valence-electron chi connectivity index (χ2n) is 5.77. The Morgan fingerprint density at radius 3 is 2.56 bits per heavy atom. The van der Waals surface area contributed by atoms with Crippen LogP contribution >= 0.6 is 11.3 Å². The summed E-state index contributed by atoms with van der Waals surface area (Å²) in [6.45, 7) is 4.50. The molecule has 1 N–H and O–H groups in total. The fraction of sp³-hybridized carbons (Fsp3) is 0.667. The molecule has 1 aromatic heterocycles. The first kappa shape index (κ1) is 13.6. The second kappa shape index (κ2) is 5.42. The zero-order chi connectivity index (χ0) is 13.2. The number of nitrogens with zero attached hydrogens (tertiary/aromatic N) is 1. The van der Waals surface area contributed by atoms with Crippen LogP contribution in [0.2, 0.25) is 0 Å². The second-order valence-corrected chi connectivity index (χ2v) is 6.75. The van der Waals surface area contributed by atoms with Crippen molar-refractivity contribution in [3.8, 4) is 6.07 Å². The van der Waals surface area contributed by atoms with Crippen molar-refractivity contribution >= 4 is 11.3 Å². The molecule has 0 saturated heterocycles. The zero-order valence-corrected chi connectivity index (χ0v) is 11.9. The van der Waals surface area contributed by atoms with Gasteiger partial charge in [0.15, 0.2) is 0 Å². The van der Waals surface area contributed by atoms with Gasteiger partial charge in [-0.15, -0.1) is 11.3 Å². The Morgan fingerprint density at radius 1 is 1.44 bits per heavy atom. The minimum atomic E-state index is -0.615. The van der Waals surface area contributed by atoms with Crippen LogP contribution in [0.25, 0.3) is 0 Å². The van der Waals surface area contributed by atoms with E-state index in [1.165, 1.54) is 0 Å². The first-order valence-electron chi connectivity index (χ1n) is 6.72. The van der Waals surface area contributed by atoms with E-state index in [9.17, 15) is 10.4 Å². The number of rotatable bonds is 3. The van der Waals surface area contributed by atoms with E-state index in [1.54, 1.807) is 11.3 Å². The quantitative estimate of drug-likeness (QED) is 0.890. The molecule has 0 aliphatic heterocycles. The summed E-state index contributed by atoms with van der Waals surface area (Å²) >= 11 is 1.54. The van der Waals surface area contributed by atoms with Crippen molar-refractivity contribution < 1.29 is 5.11 Å². The summed E-state index contributed by atoms with van der Waals surface area (Å²) in [6, 6.07) is 6.29. The number of thiophene rings is 1. The molecule has 18 heavy (non-hydrogen) atoms. The predicted molar refractivity (Wildman–Crippen MR) is 74.1 cm³/mol. The Labute approximate surface area is 113 Å². The monoisotopic (exact) mass is 263 g/mol. The average Bonchev–Trinajstić information content (AvgIpc) is 2.91. The van der Waals surface area contributed by atoms with Crippen LogP contribution in [0.3, 0.4) is 0 Å². The van der Waals surface area contributed by atoms with Gasteiger partial charge in [0.05, 0.1) is 11.5 Å². The van der Waals surface area contributed by atoms with E-state index in [4.69, 9.17) is 0 Å². The van der Waals surface area contributed by atoms with Gasteiger partial charge >= 0.3 is 0 Å². The van der Waals surface area contributed by atoms with Crippen LogP contribution in [-0.2, 0) is 0 Å². The van der Waals surface area contributed by atoms with E-state index in [0.717, 1.165) is 30.6 Å². The first-order chi connectivity index (χ1) is 8.59. The Balaban J connectivity index is 2.12. The van der Waals surface area contributed by atoms with Gasteiger partial charge in [-0.1, -0.05) is 19.9 Å². The minimum absolute atomic E-state index is 0.559. The number of aliphatic hydroxyl groups excluding tert-OH is 1. The van der Waals surface area contributed by atoms with E-state index in [1.807, 2.05) is 17.5 Å². The van der Waals surface area contributed by atoms with Crippen molar-refractivity contribution in [1.82, 2.24) is 0 Å². The molecule has 2 nitrogen and oxygen atoms in total. The number of aliphatic hydroxyl groups is 1. The highest BCUT2D eigenvalue weighted by atomic mass is 32.1. The highest BCUT2D eigenvalue weighted by Gasteiger charge is 2.43. The van der Waals surface area contributed by atoms with E-state index in [2.05, 4.69) is 19.9 Å². The van der Waals surface area contributed by atoms with Crippen molar-refractivity contribution in [3.63, 3.8) is 0 Å². The summed E-state index contributed by atoms with van der Waals surface area (Å²) in [7, 11) is 0. The molecule has 98 valence electrons. The predicted octanol–water partition coefficient (Wildman–Crippen LogP) is 4.14. The molecule has 0 amide bonds. The molecule has 3 heteroatoms. The Bertz CT molecular complexity index is 410.